The molecule has 7 nitrogen and oxygen atoms in total. The van der Waals surface area contributed by atoms with Crippen molar-refractivity contribution >= 4 is 5.91 Å². The Morgan fingerprint density at radius 1 is 1.39 bits per heavy atom. The Morgan fingerprint density at radius 2 is 2.17 bits per heavy atom. The van der Waals surface area contributed by atoms with Gasteiger partial charge in [0.05, 0.1) is 32.1 Å². The molecule has 1 atom stereocenters. The molecule has 0 aliphatic carbocycles. The van der Waals surface area contributed by atoms with Crippen molar-refractivity contribution in [3.63, 3.8) is 0 Å². The summed E-state index contributed by atoms with van der Waals surface area (Å²) in [5, 5.41) is 8.25. The van der Waals surface area contributed by atoms with E-state index >= 15 is 0 Å². The minimum Gasteiger partial charge on any atom is -0.494 e. The van der Waals surface area contributed by atoms with Crippen LogP contribution in [0.4, 0.5) is 0 Å². The van der Waals surface area contributed by atoms with Gasteiger partial charge in [-0.1, -0.05) is 17.3 Å². The van der Waals surface area contributed by atoms with E-state index in [9.17, 15) is 4.79 Å². The maximum absolute atomic E-state index is 12.8. The van der Waals surface area contributed by atoms with Crippen LogP contribution in [0, 0.1) is 6.92 Å². The number of hydrogen-bond acceptors (Lipinski definition) is 5. The van der Waals surface area contributed by atoms with Gasteiger partial charge < -0.3 is 14.4 Å². The van der Waals surface area contributed by atoms with E-state index in [0.29, 0.717) is 36.9 Å². The molecule has 1 aliphatic rings. The molecule has 1 amide bonds. The third-order valence-electron chi connectivity index (χ3n) is 4.04. The number of aromatic nitrogens is 3. The first-order valence-corrected chi connectivity index (χ1v) is 7.58. The predicted molar refractivity (Wildman–Crippen MR) is 84.0 cm³/mol. The van der Waals surface area contributed by atoms with Gasteiger partial charge in [-0.3, -0.25) is 4.79 Å². The number of para-hydroxylation sites is 2. The number of methoxy groups -OCH3 is 1. The lowest BCUT2D eigenvalue weighted by Gasteiger charge is -2.32. The molecular weight excluding hydrogens is 296 g/mol. The summed E-state index contributed by atoms with van der Waals surface area (Å²) in [6, 6.07) is 7.54. The molecular formula is C16H20N4O3. The van der Waals surface area contributed by atoms with Crippen LogP contribution < -0.4 is 4.74 Å². The molecule has 1 fully saturated rings. The van der Waals surface area contributed by atoms with E-state index in [-0.39, 0.29) is 11.9 Å². The van der Waals surface area contributed by atoms with Crippen LogP contribution >= 0.6 is 0 Å². The van der Waals surface area contributed by atoms with Crippen molar-refractivity contribution < 1.29 is 14.3 Å². The monoisotopic (exact) mass is 316 g/mol. The highest BCUT2D eigenvalue weighted by molar-refractivity contribution is 5.93. The summed E-state index contributed by atoms with van der Waals surface area (Å²) in [4.78, 5) is 14.5. The molecule has 1 aromatic heterocycles. The second-order valence-corrected chi connectivity index (χ2v) is 5.53. The van der Waals surface area contributed by atoms with Crippen LogP contribution in [0.15, 0.2) is 24.3 Å². The third kappa shape index (κ3) is 2.79. The molecule has 0 radical (unpaired) electrons. The highest BCUT2D eigenvalue weighted by Crippen LogP contribution is 2.24. The Hall–Kier alpha value is -2.41. The summed E-state index contributed by atoms with van der Waals surface area (Å²) in [6.07, 6.45) is 0. The number of hydrogen-bond donors (Lipinski definition) is 0. The van der Waals surface area contributed by atoms with Crippen LogP contribution in [-0.4, -0.2) is 58.7 Å². The van der Waals surface area contributed by atoms with E-state index in [4.69, 9.17) is 9.47 Å². The predicted octanol–water partition coefficient (Wildman–Crippen LogP) is 1.45. The summed E-state index contributed by atoms with van der Waals surface area (Å²) in [5.74, 6) is 0.568. The van der Waals surface area contributed by atoms with E-state index < -0.39 is 0 Å². The van der Waals surface area contributed by atoms with E-state index in [1.54, 1.807) is 16.7 Å². The molecule has 122 valence electrons. The molecule has 7 heteroatoms. The van der Waals surface area contributed by atoms with Crippen LogP contribution in [0.25, 0.3) is 5.69 Å². The lowest BCUT2D eigenvalue weighted by atomic mass is 10.2. The SMILES string of the molecule is COc1ccccc1-n1nnc(C(=O)N2CCOCC2C)c1C. The fourth-order valence-electron chi connectivity index (χ4n) is 2.73. The molecule has 1 aliphatic heterocycles. The molecule has 0 N–H and O–H groups in total. The lowest BCUT2D eigenvalue weighted by Crippen LogP contribution is -2.47. The standard InChI is InChI=1S/C16H20N4O3/c1-11-10-23-9-8-19(11)16(21)15-12(2)20(18-17-15)13-6-4-5-7-14(13)22-3/h4-7,11H,8-10H2,1-3H3. The molecule has 1 saturated heterocycles. The van der Waals surface area contributed by atoms with Crippen LogP contribution in [0.2, 0.25) is 0 Å². The van der Waals surface area contributed by atoms with Crippen molar-refractivity contribution in [2.45, 2.75) is 19.9 Å². The normalized spacial score (nSPS) is 18.0. The van der Waals surface area contributed by atoms with Gasteiger partial charge in [-0.2, -0.15) is 0 Å². The topological polar surface area (TPSA) is 69.5 Å². The van der Waals surface area contributed by atoms with Crippen molar-refractivity contribution in [3.05, 3.63) is 35.7 Å². The summed E-state index contributed by atoms with van der Waals surface area (Å²) >= 11 is 0. The lowest BCUT2D eigenvalue weighted by molar-refractivity contribution is 0.00322. The highest BCUT2D eigenvalue weighted by atomic mass is 16.5. The van der Waals surface area contributed by atoms with Crippen molar-refractivity contribution in [1.29, 1.82) is 0 Å². The number of rotatable bonds is 3. The molecule has 0 bridgehead atoms. The number of amides is 1. The van der Waals surface area contributed by atoms with Crippen molar-refractivity contribution in [2.75, 3.05) is 26.9 Å². The van der Waals surface area contributed by atoms with Gasteiger partial charge in [0.15, 0.2) is 5.69 Å². The molecule has 3 rings (SSSR count). The van der Waals surface area contributed by atoms with Gasteiger partial charge in [0.25, 0.3) is 5.91 Å². The second-order valence-electron chi connectivity index (χ2n) is 5.53. The molecule has 0 spiro atoms. The summed E-state index contributed by atoms with van der Waals surface area (Å²) < 4.78 is 12.4. The van der Waals surface area contributed by atoms with E-state index in [0.717, 1.165) is 5.69 Å². The van der Waals surface area contributed by atoms with Gasteiger partial charge in [-0.25, -0.2) is 4.68 Å². The Morgan fingerprint density at radius 3 is 2.91 bits per heavy atom. The smallest absolute Gasteiger partial charge is 0.276 e. The molecule has 0 saturated carbocycles. The Bertz CT molecular complexity index is 713. The molecule has 23 heavy (non-hydrogen) atoms. The van der Waals surface area contributed by atoms with Gasteiger partial charge in [0.2, 0.25) is 0 Å². The zero-order chi connectivity index (χ0) is 16.4. The molecule has 2 aromatic rings. The summed E-state index contributed by atoms with van der Waals surface area (Å²) in [5.41, 5.74) is 1.82. The number of morpholine rings is 1. The van der Waals surface area contributed by atoms with Gasteiger partial charge in [-0.05, 0) is 26.0 Å². The first-order valence-electron chi connectivity index (χ1n) is 7.58. The van der Waals surface area contributed by atoms with Crippen LogP contribution in [0.1, 0.15) is 23.1 Å². The van der Waals surface area contributed by atoms with Gasteiger partial charge >= 0.3 is 0 Å². The van der Waals surface area contributed by atoms with Crippen LogP contribution in [0.3, 0.4) is 0 Å². The molecule has 2 heterocycles. The number of ether oxygens (including phenoxy) is 2. The zero-order valence-electron chi connectivity index (χ0n) is 13.5. The number of carbonyl (C=O) groups is 1. The Kier molecular flexibility index (Phi) is 4.29. The van der Waals surface area contributed by atoms with E-state index in [2.05, 4.69) is 10.3 Å². The van der Waals surface area contributed by atoms with Gasteiger partial charge in [0.1, 0.15) is 11.4 Å². The van der Waals surface area contributed by atoms with Crippen LogP contribution in [-0.2, 0) is 4.74 Å². The molecule has 1 aromatic carbocycles. The number of carbonyl (C=O) groups excluding carboxylic acids is 1. The summed E-state index contributed by atoms with van der Waals surface area (Å²) in [7, 11) is 1.60. The third-order valence-corrected chi connectivity index (χ3v) is 4.04. The highest BCUT2D eigenvalue weighted by Gasteiger charge is 2.29. The number of benzene rings is 1. The average molecular weight is 316 g/mol. The summed E-state index contributed by atoms with van der Waals surface area (Å²) in [6.45, 7) is 5.48. The Labute approximate surface area is 134 Å². The maximum Gasteiger partial charge on any atom is 0.276 e. The minimum atomic E-state index is -0.112. The number of nitrogens with zero attached hydrogens (tertiary/aromatic N) is 4. The average Bonchev–Trinajstić information content (AvgIpc) is 2.96. The van der Waals surface area contributed by atoms with E-state index in [1.807, 2.05) is 38.1 Å². The quantitative estimate of drug-likeness (QED) is 0.857. The van der Waals surface area contributed by atoms with Crippen molar-refractivity contribution in [1.82, 2.24) is 19.9 Å². The zero-order valence-corrected chi connectivity index (χ0v) is 13.5. The molecule has 1 unspecified atom stereocenters. The van der Waals surface area contributed by atoms with Crippen molar-refractivity contribution in [2.24, 2.45) is 0 Å². The second kappa shape index (κ2) is 6.37. The van der Waals surface area contributed by atoms with Gasteiger partial charge in [-0.15, -0.1) is 5.10 Å². The van der Waals surface area contributed by atoms with E-state index in [1.165, 1.54) is 0 Å². The van der Waals surface area contributed by atoms with Crippen molar-refractivity contribution in [3.8, 4) is 11.4 Å². The fraction of sp³-hybridized carbons (Fsp3) is 0.438. The largest absolute Gasteiger partial charge is 0.494 e. The minimum absolute atomic E-state index is 0.0343. The first kappa shape index (κ1) is 15.5. The maximum atomic E-state index is 12.8. The fourth-order valence-corrected chi connectivity index (χ4v) is 2.73. The van der Waals surface area contributed by atoms with Gasteiger partial charge in [0, 0.05) is 6.54 Å². The Balaban J connectivity index is 1.94. The first-order chi connectivity index (χ1) is 11.1. The van der Waals surface area contributed by atoms with Crippen LogP contribution in [0.5, 0.6) is 5.75 Å².